The highest BCUT2D eigenvalue weighted by Gasteiger charge is 2.50. The van der Waals surface area contributed by atoms with Crippen LogP contribution in [-0.4, -0.2) is 17.7 Å². The van der Waals surface area contributed by atoms with Crippen molar-refractivity contribution in [3.63, 3.8) is 0 Å². The van der Waals surface area contributed by atoms with Gasteiger partial charge in [0, 0.05) is 19.9 Å². The van der Waals surface area contributed by atoms with Crippen molar-refractivity contribution < 1.29 is 28.4 Å². The molecule has 1 aromatic carbocycles. The largest absolute Gasteiger partial charge is 0.510 e. The summed E-state index contributed by atoms with van der Waals surface area (Å²) in [5, 5.41) is 0. The van der Waals surface area contributed by atoms with Gasteiger partial charge in [0.05, 0.1) is 5.56 Å². The third kappa shape index (κ3) is 3.65. The lowest BCUT2D eigenvalue weighted by molar-refractivity contribution is -0.833. The van der Waals surface area contributed by atoms with Gasteiger partial charge in [-0.15, -0.1) is 4.57 Å². The fourth-order valence-corrected chi connectivity index (χ4v) is 2.25. The van der Waals surface area contributed by atoms with Crippen LogP contribution in [0.1, 0.15) is 36.7 Å². The fraction of sp³-hybridized carbons (Fsp3) is 0.222. The number of esters is 2. The zero-order valence-corrected chi connectivity index (χ0v) is 13.6. The molecule has 0 unspecified atom stereocenters. The molecule has 0 atom stereocenters. The molecule has 0 amide bonds. The summed E-state index contributed by atoms with van der Waals surface area (Å²) in [5.41, 5.74) is 0.779. The van der Waals surface area contributed by atoms with Crippen molar-refractivity contribution in [1.29, 1.82) is 0 Å². The predicted molar refractivity (Wildman–Crippen MR) is 82.5 cm³/mol. The molecular weight excluding hydrogens is 310 g/mol. The predicted octanol–water partition coefficient (Wildman–Crippen LogP) is 1.76. The number of carbonyl (C=O) groups is 3. The van der Waals surface area contributed by atoms with Crippen molar-refractivity contribution in [2.75, 3.05) is 0 Å². The zero-order chi connectivity index (χ0) is 17.7. The molecule has 0 N–H and O–H groups in total. The normalized spacial score (nSPS) is 10.8. The average Bonchev–Trinajstić information content (AvgIpc) is 2.54. The molecule has 0 spiro atoms. The molecule has 123 valence electrons. The van der Waals surface area contributed by atoms with Gasteiger partial charge in [0.2, 0.25) is 0 Å². The van der Waals surface area contributed by atoms with Gasteiger partial charge in [-0.2, -0.15) is 0 Å². The summed E-state index contributed by atoms with van der Waals surface area (Å²) in [7, 11) is 0. The van der Waals surface area contributed by atoms with E-state index in [-0.39, 0.29) is 5.78 Å². The zero-order valence-electron chi connectivity index (χ0n) is 13.6. The SMILES string of the molecule is CC(=O)OC(OC(C)=O)(c1cc[c]cc1)[n+]1cccc(C(C)=O)c1. The van der Waals surface area contributed by atoms with Crippen LogP contribution in [0.2, 0.25) is 0 Å². The number of hydrogen-bond acceptors (Lipinski definition) is 5. The van der Waals surface area contributed by atoms with E-state index in [9.17, 15) is 14.4 Å². The summed E-state index contributed by atoms with van der Waals surface area (Å²) >= 11 is 0. The smallest absolute Gasteiger partial charge is 0.362 e. The van der Waals surface area contributed by atoms with E-state index in [1.54, 1.807) is 42.6 Å². The second kappa shape index (κ2) is 7.04. The van der Waals surface area contributed by atoms with Gasteiger partial charge in [0.25, 0.3) is 0 Å². The monoisotopic (exact) mass is 327 g/mol. The molecule has 0 saturated carbocycles. The second-order valence-electron chi connectivity index (χ2n) is 5.11. The van der Waals surface area contributed by atoms with E-state index >= 15 is 0 Å². The molecule has 0 fully saturated rings. The first-order valence-electron chi connectivity index (χ1n) is 7.23. The Hall–Kier alpha value is -3.02. The topological polar surface area (TPSA) is 73.6 Å². The van der Waals surface area contributed by atoms with Gasteiger partial charge in [-0.05, 0) is 31.2 Å². The Labute approximate surface area is 139 Å². The van der Waals surface area contributed by atoms with Crippen LogP contribution in [0.25, 0.3) is 0 Å². The van der Waals surface area contributed by atoms with Crippen LogP contribution in [0.15, 0.2) is 48.8 Å². The van der Waals surface area contributed by atoms with Gasteiger partial charge in [0.15, 0.2) is 18.2 Å². The second-order valence-corrected chi connectivity index (χ2v) is 5.11. The lowest BCUT2D eigenvalue weighted by atomic mass is 10.1. The highest BCUT2D eigenvalue weighted by atomic mass is 16.8. The van der Waals surface area contributed by atoms with E-state index in [1.165, 1.54) is 31.5 Å². The van der Waals surface area contributed by atoms with Crippen LogP contribution < -0.4 is 4.57 Å². The summed E-state index contributed by atoms with van der Waals surface area (Å²) in [5.74, 6) is -3.32. The first-order chi connectivity index (χ1) is 11.3. The number of benzene rings is 1. The highest BCUT2D eigenvalue weighted by molar-refractivity contribution is 5.93. The van der Waals surface area contributed by atoms with Gasteiger partial charge < -0.3 is 9.47 Å². The molecule has 2 rings (SSSR count). The van der Waals surface area contributed by atoms with E-state index in [1.807, 2.05) is 0 Å². The number of ketones is 1. The molecule has 1 aromatic heterocycles. The summed E-state index contributed by atoms with van der Waals surface area (Å²) in [4.78, 5) is 35.1. The van der Waals surface area contributed by atoms with Crippen LogP contribution >= 0.6 is 0 Å². The van der Waals surface area contributed by atoms with Gasteiger partial charge in [-0.25, -0.2) is 0 Å². The van der Waals surface area contributed by atoms with E-state index in [0.29, 0.717) is 11.1 Å². The highest BCUT2D eigenvalue weighted by Crippen LogP contribution is 2.25. The van der Waals surface area contributed by atoms with Gasteiger partial charge in [-0.1, -0.05) is 12.1 Å². The quantitative estimate of drug-likeness (QED) is 0.362. The van der Waals surface area contributed by atoms with Crippen LogP contribution in [0, 0.1) is 6.07 Å². The Bertz CT molecular complexity index is 754. The maximum atomic E-state index is 11.7. The van der Waals surface area contributed by atoms with E-state index < -0.39 is 17.8 Å². The Balaban J connectivity index is 2.72. The van der Waals surface area contributed by atoms with Crippen LogP contribution in [0.3, 0.4) is 0 Å². The van der Waals surface area contributed by atoms with Gasteiger partial charge >= 0.3 is 17.8 Å². The summed E-state index contributed by atoms with van der Waals surface area (Å²) in [6.45, 7) is 3.84. The molecule has 6 nitrogen and oxygen atoms in total. The number of pyridine rings is 1. The number of aromatic nitrogens is 1. The molecule has 0 saturated heterocycles. The maximum absolute atomic E-state index is 11.7. The first-order valence-corrected chi connectivity index (χ1v) is 7.23. The molecule has 1 heterocycles. The number of hydrogen-bond donors (Lipinski definition) is 0. The average molecular weight is 327 g/mol. The Kier molecular flexibility index (Phi) is 5.08. The van der Waals surface area contributed by atoms with Crippen molar-refractivity contribution in [2.45, 2.75) is 26.7 Å². The molecule has 24 heavy (non-hydrogen) atoms. The van der Waals surface area contributed by atoms with Crippen molar-refractivity contribution in [3.8, 4) is 0 Å². The maximum Gasteiger partial charge on any atom is 0.510 e. The van der Waals surface area contributed by atoms with E-state index in [0.717, 1.165) is 0 Å². The number of rotatable bonds is 5. The minimum absolute atomic E-state index is 0.176. The van der Waals surface area contributed by atoms with Crippen molar-refractivity contribution in [1.82, 2.24) is 0 Å². The Morgan fingerprint density at radius 3 is 2.08 bits per heavy atom. The molecule has 6 heteroatoms. The minimum Gasteiger partial charge on any atom is -0.362 e. The lowest BCUT2D eigenvalue weighted by Gasteiger charge is -2.26. The van der Waals surface area contributed by atoms with Gasteiger partial charge in [-0.3, -0.25) is 14.4 Å². The molecule has 1 radical (unpaired) electrons. The molecule has 0 aliphatic rings. The third-order valence-electron chi connectivity index (χ3n) is 3.19. The Morgan fingerprint density at radius 1 is 1.00 bits per heavy atom. The van der Waals surface area contributed by atoms with Crippen molar-refractivity contribution in [2.24, 2.45) is 0 Å². The van der Waals surface area contributed by atoms with E-state index in [4.69, 9.17) is 9.47 Å². The lowest BCUT2D eigenvalue weighted by Crippen LogP contribution is -2.61. The van der Waals surface area contributed by atoms with E-state index in [2.05, 4.69) is 6.07 Å². The number of nitrogens with zero attached hydrogens (tertiary/aromatic N) is 1. The fourth-order valence-electron chi connectivity index (χ4n) is 2.25. The molecule has 0 bridgehead atoms. The number of ether oxygens (including phenoxy) is 2. The van der Waals surface area contributed by atoms with Crippen molar-refractivity contribution >= 4 is 17.7 Å². The first kappa shape index (κ1) is 17.3. The summed E-state index contributed by atoms with van der Waals surface area (Å²) in [6, 6.07) is 12.5. The summed E-state index contributed by atoms with van der Waals surface area (Å²) in [6.07, 6.45) is 3.01. The number of carbonyl (C=O) groups excluding carboxylic acids is 3. The third-order valence-corrected chi connectivity index (χ3v) is 3.19. The standard InChI is InChI=1S/C18H17NO5/c1-13(20)16-8-7-11-19(12-16)18(23-14(2)21,24-15(3)22)17-9-5-4-6-10-17/h5-12H,1-3H3/q+1. The summed E-state index contributed by atoms with van der Waals surface area (Å²) < 4.78 is 12.2. The number of Topliss-reactive ketones (excluding diaryl/α,β-unsaturated/α-hetero) is 1. The molecular formula is C18H17NO5+. The molecule has 2 aromatic rings. The minimum atomic E-state index is -1.85. The molecule has 0 aliphatic heterocycles. The van der Waals surface area contributed by atoms with Crippen LogP contribution in [0.4, 0.5) is 0 Å². The van der Waals surface area contributed by atoms with Crippen LogP contribution in [0.5, 0.6) is 0 Å². The molecule has 0 aliphatic carbocycles. The van der Waals surface area contributed by atoms with Crippen molar-refractivity contribution in [3.05, 3.63) is 66.0 Å². The van der Waals surface area contributed by atoms with Gasteiger partial charge in [0.1, 0.15) is 5.56 Å². The Morgan fingerprint density at radius 2 is 1.58 bits per heavy atom. The van der Waals surface area contributed by atoms with Crippen LogP contribution in [-0.2, 0) is 25.0 Å².